The number of nitrogens with two attached hydrogens (primary N) is 1. The van der Waals surface area contributed by atoms with Gasteiger partial charge in [0, 0.05) is 25.2 Å². The Balaban J connectivity index is 2.07. The molecule has 0 aromatic heterocycles. The Morgan fingerprint density at radius 3 is 2.70 bits per heavy atom. The van der Waals surface area contributed by atoms with Crippen LogP contribution in [0.3, 0.4) is 0 Å². The molecule has 4 heteroatoms. The Morgan fingerprint density at radius 2 is 2.05 bits per heavy atom. The molecule has 0 radical (unpaired) electrons. The normalized spacial score (nSPS) is 16.9. The summed E-state index contributed by atoms with van der Waals surface area (Å²) in [7, 11) is 0. The van der Waals surface area contributed by atoms with E-state index < -0.39 is 6.10 Å². The minimum Gasteiger partial charge on any atom is -0.480 e. The molecule has 2 rings (SSSR count). The predicted octanol–water partition coefficient (Wildman–Crippen LogP) is 2.23. The van der Waals surface area contributed by atoms with Crippen LogP contribution in [0.4, 0.5) is 0 Å². The van der Waals surface area contributed by atoms with Crippen LogP contribution < -0.4 is 10.5 Å². The van der Waals surface area contributed by atoms with Crippen molar-refractivity contribution < 1.29 is 9.53 Å². The van der Waals surface area contributed by atoms with Crippen molar-refractivity contribution in [3.8, 4) is 5.75 Å². The maximum atomic E-state index is 12.4. The van der Waals surface area contributed by atoms with Gasteiger partial charge in [-0.05, 0) is 38.7 Å². The highest BCUT2D eigenvalue weighted by Crippen LogP contribution is 2.24. The minimum atomic E-state index is -0.459. The molecule has 1 aromatic rings. The molecule has 1 aliphatic heterocycles. The number of nitrogens with zero attached hydrogens (tertiary/aromatic N) is 1. The first-order chi connectivity index (χ1) is 9.63. The van der Waals surface area contributed by atoms with Crippen LogP contribution in [-0.2, 0) is 11.3 Å². The number of benzene rings is 1. The summed E-state index contributed by atoms with van der Waals surface area (Å²) >= 11 is 0. The number of ether oxygens (including phenoxy) is 1. The zero-order valence-corrected chi connectivity index (χ0v) is 12.4. The fourth-order valence-corrected chi connectivity index (χ4v) is 2.64. The summed E-state index contributed by atoms with van der Waals surface area (Å²) in [6.45, 7) is 5.92. The summed E-state index contributed by atoms with van der Waals surface area (Å²) in [6, 6.07) is 5.88. The van der Waals surface area contributed by atoms with E-state index in [9.17, 15) is 4.79 Å². The van der Waals surface area contributed by atoms with Gasteiger partial charge in [0.15, 0.2) is 6.10 Å². The van der Waals surface area contributed by atoms with E-state index in [2.05, 4.69) is 0 Å². The third kappa shape index (κ3) is 3.31. The SMILES string of the molecule is Cc1cccc(CN)c1OC(C)C(=O)N1CCCCC1. The van der Waals surface area contributed by atoms with Crippen LogP contribution in [0.1, 0.15) is 37.3 Å². The fourth-order valence-electron chi connectivity index (χ4n) is 2.64. The predicted molar refractivity (Wildman–Crippen MR) is 79.6 cm³/mol. The number of carbonyl (C=O) groups excluding carboxylic acids is 1. The average Bonchev–Trinajstić information content (AvgIpc) is 2.49. The number of piperidine rings is 1. The molecule has 20 heavy (non-hydrogen) atoms. The molecule has 1 aliphatic rings. The Kier molecular flexibility index (Phi) is 5.01. The Labute approximate surface area is 120 Å². The minimum absolute atomic E-state index is 0.0796. The van der Waals surface area contributed by atoms with Crippen molar-refractivity contribution in [2.75, 3.05) is 13.1 Å². The Hall–Kier alpha value is -1.55. The molecule has 0 saturated carbocycles. The van der Waals surface area contributed by atoms with Crippen LogP contribution in [-0.4, -0.2) is 30.0 Å². The smallest absolute Gasteiger partial charge is 0.263 e. The molecule has 0 aliphatic carbocycles. The molecular formula is C16H24N2O2. The van der Waals surface area contributed by atoms with Crippen molar-refractivity contribution in [1.82, 2.24) is 4.90 Å². The van der Waals surface area contributed by atoms with Crippen molar-refractivity contribution in [1.29, 1.82) is 0 Å². The van der Waals surface area contributed by atoms with Gasteiger partial charge in [-0.15, -0.1) is 0 Å². The zero-order chi connectivity index (χ0) is 14.5. The molecule has 1 saturated heterocycles. The van der Waals surface area contributed by atoms with E-state index in [0.717, 1.165) is 42.8 Å². The lowest BCUT2D eigenvalue weighted by molar-refractivity contribution is -0.138. The highest BCUT2D eigenvalue weighted by Gasteiger charge is 2.24. The maximum absolute atomic E-state index is 12.4. The fraction of sp³-hybridized carbons (Fsp3) is 0.562. The quantitative estimate of drug-likeness (QED) is 0.917. The van der Waals surface area contributed by atoms with Gasteiger partial charge in [-0.2, -0.15) is 0 Å². The van der Waals surface area contributed by atoms with E-state index in [1.54, 1.807) is 0 Å². The molecule has 2 N–H and O–H groups in total. The molecular weight excluding hydrogens is 252 g/mol. The monoisotopic (exact) mass is 276 g/mol. The number of aryl methyl sites for hydroxylation is 1. The first-order valence-corrected chi connectivity index (χ1v) is 7.37. The molecule has 1 heterocycles. The summed E-state index contributed by atoms with van der Waals surface area (Å²) in [6.07, 6.45) is 2.95. The molecule has 110 valence electrons. The highest BCUT2D eigenvalue weighted by atomic mass is 16.5. The molecule has 0 bridgehead atoms. The van der Waals surface area contributed by atoms with Crippen molar-refractivity contribution in [3.63, 3.8) is 0 Å². The van der Waals surface area contributed by atoms with Crippen molar-refractivity contribution in [3.05, 3.63) is 29.3 Å². The number of rotatable bonds is 4. The van der Waals surface area contributed by atoms with Gasteiger partial charge in [-0.1, -0.05) is 18.2 Å². The largest absolute Gasteiger partial charge is 0.480 e. The van der Waals surface area contributed by atoms with Gasteiger partial charge in [0.2, 0.25) is 0 Å². The zero-order valence-electron chi connectivity index (χ0n) is 12.4. The van der Waals surface area contributed by atoms with Crippen molar-refractivity contribution in [2.24, 2.45) is 5.73 Å². The number of hydrogen-bond acceptors (Lipinski definition) is 3. The van der Waals surface area contributed by atoms with E-state index in [-0.39, 0.29) is 5.91 Å². The lowest BCUT2D eigenvalue weighted by atomic mass is 10.1. The number of likely N-dealkylation sites (tertiary alicyclic amines) is 1. The van der Waals surface area contributed by atoms with Gasteiger partial charge < -0.3 is 15.4 Å². The molecule has 4 nitrogen and oxygen atoms in total. The Morgan fingerprint density at radius 1 is 1.35 bits per heavy atom. The van der Waals surface area contributed by atoms with E-state index in [1.807, 2.05) is 36.9 Å². The highest BCUT2D eigenvalue weighted by molar-refractivity contribution is 5.81. The third-order valence-corrected chi connectivity index (χ3v) is 3.82. The van der Waals surface area contributed by atoms with Gasteiger partial charge in [-0.3, -0.25) is 4.79 Å². The maximum Gasteiger partial charge on any atom is 0.263 e. The number of para-hydroxylation sites is 1. The van der Waals surface area contributed by atoms with Crippen LogP contribution in [0.25, 0.3) is 0 Å². The molecule has 1 amide bonds. The third-order valence-electron chi connectivity index (χ3n) is 3.82. The number of amides is 1. The van der Waals surface area contributed by atoms with Crippen LogP contribution in [0.5, 0.6) is 5.75 Å². The van der Waals surface area contributed by atoms with E-state index in [4.69, 9.17) is 10.5 Å². The van der Waals surface area contributed by atoms with Crippen LogP contribution in [0, 0.1) is 6.92 Å². The molecule has 1 aromatic carbocycles. The van der Waals surface area contributed by atoms with E-state index in [0.29, 0.717) is 6.54 Å². The Bertz CT molecular complexity index is 468. The summed E-state index contributed by atoms with van der Waals surface area (Å²) in [5.74, 6) is 0.837. The summed E-state index contributed by atoms with van der Waals surface area (Å²) in [5.41, 5.74) is 7.71. The lowest BCUT2D eigenvalue weighted by Gasteiger charge is -2.29. The van der Waals surface area contributed by atoms with Crippen LogP contribution in [0.2, 0.25) is 0 Å². The second kappa shape index (κ2) is 6.75. The van der Waals surface area contributed by atoms with Crippen molar-refractivity contribution in [2.45, 2.75) is 45.8 Å². The first-order valence-electron chi connectivity index (χ1n) is 7.37. The first kappa shape index (κ1) is 14.9. The summed E-state index contributed by atoms with van der Waals surface area (Å²) in [4.78, 5) is 14.3. The molecule has 1 unspecified atom stereocenters. The summed E-state index contributed by atoms with van der Waals surface area (Å²) < 4.78 is 5.91. The lowest BCUT2D eigenvalue weighted by Crippen LogP contribution is -2.43. The second-order valence-corrected chi connectivity index (χ2v) is 5.41. The van der Waals surface area contributed by atoms with E-state index >= 15 is 0 Å². The summed E-state index contributed by atoms with van der Waals surface area (Å²) in [5, 5.41) is 0. The molecule has 0 spiro atoms. The van der Waals surface area contributed by atoms with Gasteiger partial charge >= 0.3 is 0 Å². The van der Waals surface area contributed by atoms with E-state index in [1.165, 1.54) is 6.42 Å². The van der Waals surface area contributed by atoms with Crippen LogP contribution >= 0.6 is 0 Å². The molecule has 1 atom stereocenters. The topological polar surface area (TPSA) is 55.6 Å². The molecule has 1 fully saturated rings. The number of carbonyl (C=O) groups is 1. The van der Waals surface area contributed by atoms with Crippen molar-refractivity contribution >= 4 is 5.91 Å². The van der Waals surface area contributed by atoms with Gasteiger partial charge in [-0.25, -0.2) is 0 Å². The van der Waals surface area contributed by atoms with Gasteiger partial charge in [0.25, 0.3) is 5.91 Å². The van der Waals surface area contributed by atoms with Gasteiger partial charge in [0.1, 0.15) is 5.75 Å². The van der Waals surface area contributed by atoms with Crippen LogP contribution in [0.15, 0.2) is 18.2 Å². The average molecular weight is 276 g/mol. The van der Waals surface area contributed by atoms with Gasteiger partial charge in [0.05, 0.1) is 0 Å². The number of hydrogen-bond donors (Lipinski definition) is 1. The second-order valence-electron chi connectivity index (χ2n) is 5.41. The standard InChI is InChI=1S/C16H24N2O2/c1-12-7-6-8-14(11-17)15(12)20-13(2)16(19)18-9-4-3-5-10-18/h6-8,13H,3-5,9-11,17H2,1-2H3.